The number of hydrogen-bond donors (Lipinski definition) is 0. The van der Waals surface area contributed by atoms with Crippen LogP contribution in [0, 0.1) is 11.3 Å². The van der Waals surface area contributed by atoms with E-state index in [1.807, 2.05) is 6.07 Å². The quantitative estimate of drug-likeness (QED) is 0.742. The lowest BCUT2D eigenvalue weighted by Gasteiger charge is -2.14. The first-order chi connectivity index (χ1) is 7.71. The first-order valence-electron chi connectivity index (χ1n) is 4.59. The van der Waals surface area contributed by atoms with Gasteiger partial charge < -0.3 is 14.2 Å². The Balaban J connectivity index is 2.62. The number of benzene rings is 1. The number of rotatable bonds is 5. The molecule has 0 saturated carbocycles. The fourth-order valence-electron chi connectivity index (χ4n) is 1.07. The Kier molecular flexibility index (Phi) is 5.06. The van der Waals surface area contributed by atoms with Crippen LogP contribution in [-0.4, -0.2) is 27.1 Å². The lowest BCUT2D eigenvalue weighted by Crippen LogP contribution is -2.21. The van der Waals surface area contributed by atoms with E-state index >= 15 is 0 Å². The lowest BCUT2D eigenvalue weighted by atomic mass is 10.2. The molecule has 1 aromatic carbocycles. The van der Waals surface area contributed by atoms with Crippen molar-refractivity contribution in [1.82, 2.24) is 0 Å². The van der Waals surface area contributed by atoms with Crippen LogP contribution in [0.5, 0.6) is 5.75 Å². The summed E-state index contributed by atoms with van der Waals surface area (Å²) in [7, 11) is 3.06. The molecule has 0 aromatic heterocycles. The molecule has 5 heteroatoms. The second kappa shape index (κ2) is 6.33. The molecule has 0 bridgehead atoms. The molecule has 16 heavy (non-hydrogen) atoms. The molecule has 0 N–H and O–H groups in total. The van der Waals surface area contributed by atoms with Crippen molar-refractivity contribution in [1.29, 1.82) is 5.26 Å². The minimum atomic E-state index is -0.422. The number of nitriles is 1. The lowest BCUT2D eigenvalue weighted by molar-refractivity contribution is -0.121. The maximum Gasteiger partial charge on any atom is 0.191 e. The van der Waals surface area contributed by atoms with Crippen LogP contribution in [-0.2, 0) is 9.47 Å². The molecular weight excluding hydrogens is 230 g/mol. The zero-order valence-electron chi connectivity index (χ0n) is 9.07. The van der Waals surface area contributed by atoms with E-state index in [0.717, 1.165) is 0 Å². The molecule has 1 aromatic rings. The summed E-state index contributed by atoms with van der Waals surface area (Å²) >= 11 is 5.85. The molecule has 0 aliphatic rings. The summed E-state index contributed by atoms with van der Waals surface area (Å²) in [5.41, 5.74) is 0.420. The van der Waals surface area contributed by atoms with Crippen LogP contribution in [0.25, 0.3) is 0 Å². The Morgan fingerprint density at radius 3 is 2.56 bits per heavy atom. The smallest absolute Gasteiger partial charge is 0.191 e. The molecule has 0 aliphatic carbocycles. The number of halogens is 1. The third-order valence-corrected chi connectivity index (χ3v) is 2.29. The van der Waals surface area contributed by atoms with Gasteiger partial charge in [0.05, 0.1) is 10.6 Å². The van der Waals surface area contributed by atoms with Gasteiger partial charge >= 0.3 is 0 Å². The van der Waals surface area contributed by atoms with Crippen LogP contribution in [0.1, 0.15) is 5.56 Å². The highest BCUT2D eigenvalue weighted by molar-refractivity contribution is 6.31. The summed E-state index contributed by atoms with van der Waals surface area (Å²) in [4.78, 5) is 0. The molecule has 0 radical (unpaired) electrons. The van der Waals surface area contributed by atoms with Crippen molar-refractivity contribution < 1.29 is 14.2 Å². The predicted molar refractivity (Wildman–Crippen MR) is 59.5 cm³/mol. The molecule has 1 rings (SSSR count). The highest BCUT2D eigenvalue weighted by Gasteiger charge is 2.07. The van der Waals surface area contributed by atoms with Gasteiger partial charge in [-0.2, -0.15) is 5.26 Å². The number of methoxy groups -OCH3 is 2. The van der Waals surface area contributed by atoms with Gasteiger partial charge in [0.1, 0.15) is 18.4 Å². The topological polar surface area (TPSA) is 51.5 Å². The summed E-state index contributed by atoms with van der Waals surface area (Å²) in [5.74, 6) is 0.572. The van der Waals surface area contributed by atoms with Crippen molar-refractivity contribution in [3.05, 3.63) is 28.8 Å². The molecule has 0 spiro atoms. The molecular formula is C11H12ClNO3. The van der Waals surface area contributed by atoms with Gasteiger partial charge in [0.15, 0.2) is 6.29 Å². The predicted octanol–water partition coefficient (Wildman–Crippen LogP) is 2.21. The van der Waals surface area contributed by atoms with Gasteiger partial charge in [0, 0.05) is 20.3 Å². The Hall–Kier alpha value is -1.28. The number of hydrogen-bond acceptors (Lipinski definition) is 4. The summed E-state index contributed by atoms with van der Waals surface area (Å²) in [6.07, 6.45) is -0.422. The molecule has 0 amide bonds. The van der Waals surface area contributed by atoms with E-state index < -0.39 is 6.29 Å². The molecule has 0 heterocycles. The molecule has 0 atom stereocenters. The second-order valence-electron chi connectivity index (χ2n) is 2.97. The van der Waals surface area contributed by atoms with E-state index in [1.165, 1.54) is 14.2 Å². The van der Waals surface area contributed by atoms with Gasteiger partial charge in [-0.25, -0.2) is 0 Å². The largest absolute Gasteiger partial charge is 0.488 e. The van der Waals surface area contributed by atoms with Crippen molar-refractivity contribution in [2.75, 3.05) is 20.8 Å². The zero-order chi connectivity index (χ0) is 12.0. The van der Waals surface area contributed by atoms with Gasteiger partial charge in [-0.05, 0) is 12.1 Å². The van der Waals surface area contributed by atoms with Crippen molar-refractivity contribution >= 4 is 11.6 Å². The Morgan fingerprint density at radius 2 is 2.06 bits per heavy atom. The molecule has 4 nitrogen and oxygen atoms in total. The van der Waals surface area contributed by atoms with Gasteiger partial charge in [-0.15, -0.1) is 0 Å². The van der Waals surface area contributed by atoms with Gasteiger partial charge in [-0.3, -0.25) is 0 Å². The summed E-state index contributed by atoms with van der Waals surface area (Å²) < 4.78 is 15.3. The summed E-state index contributed by atoms with van der Waals surface area (Å²) in [6, 6.07) is 6.84. The van der Waals surface area contributed by atoms with Crippen LogP contribution in [0.3, 0.4) is 0 Å². The Labute approximate surface area is 99.3 Å². The SMILES string of the molecule is COC(COc1ccc(C#N)c(Cl)c1)OC. The Bertz CT molecular complexity index is 385. The fourth-order valence-corrected chi connectivity index (χ4v) is 1.29. The molecule has 0 aliphatic heterocycles. The van der Waals surface area contributed by atoms with Crippen molar-refractivity contribution in [2.24, 2.45) is 0 Å². The normalized spacial score (nSPS) is 10.2. The zero-order valence-corrected chi connectivity index (χ0v) is 9.82. The Morgan fingerprint density at radius 1 is 1.38 bits per heavy atom. The highest BCUT2D eigenvalue weighted by Crippen LogP contribution is 2.22. The van der Waals surface area contributed by atoms with Gasteiger partial charge in [-0.1, -0.05) is 11.6 Å². The van der Waals surface area contributed by atoms with E-state index in [2.05, 4.69) is 0 Å². The van der Waals surface area contributed by atoms with Crippen molar-refractivity contribution in [3.8, 4) is 11.8 Å². The molecule has 0 fully saturated rings. The van der Waals surface area contributed by atoms with E-state index in [-0.39, 0.29) is 6.61 Å². The van der Waals surface area contributed by atoms with E-state index in [9.17, 15) is 0 Å². The van der Waals surface area contributed by atoms with E-state index in [0.29, 0.717) is 16.3 Å². The third kappa shape index (κ3) is 3.38. The van der Waals surface area contributed by atoms with Crippen LogP contribution < -0.4 is 4.74 Å². The third-order valence-electron chi connectivity index (χ3n) is 1.97. The first-order valence-corrected chi connectivity index (χ1v) is 4.97. The van der Waals surface area contributed by atoms with Crippen LogP contribution in [0.15, 0.2) is 18.2 Å². The first kappa shape index (κ1) is 12.8. The van der Waals surface area contributed by atoms with Crippen molar-refractivity contribution in [3.63, 3.8) is 0 Å². The van der Waals surface area contributed by atoms with Crippen LogP contribution in [0.4, 0.5) is 0 Å². The molecule has 86 valence electrons. The summed E-state index contributed by atoms with van der Waals surface area (Å²) in [6.45, 7) is 0.259. The fraction of sp³-hybridized carbons (Fsp3) is 0.364. The average molecular weight is 242 g/mol. The van der Waals surface area contributed by atoms with E-state index in [1.54, 1.807) is 18.2 Å². The maximum absolute atomic E-state index is 8.69. The second-order valence-corrected chi connectivity index (χ2v) is 3.37. The van der Waals surface area contributed by atoms with Crippen LogP contribution in [0.2, 0.25) is 5.02 Å². The number of nitrogens with zero attached hydrogens (tertiary/aromatic N) is 1. The minimum absolute atomic E-state index is 0.259. The maximum atomic E-state index is 8.69. The average Bonchev–Trinajstić information content (AvgIpc) is 2.30. The standard InChI is InChI=1S/C11H12ClNO3/c1-14-11(15-2)7-16-9-4-3-8(6-13)10(12)5-9/h3-5,11H,7H2,1-2H3. The summed E-state index contributed by atoms with van der Waals surface area (Å²) in [5, 5.41) is 9.06. The minimum Gasteiger partial charge on any atom is -0.488 e. The van der Waals surface area contributed by atoms with Gasteiger partial charge in [0.25, 0.3) is 0 Å². The monoisotopic (exact) mass is 241 g/mol. The highest BCUT2D eigenvalue weighted by atomic mass is 35.5. The molecule has 0 saturated heterocycles. The van der Waals surface area contributed by atoms with Crippen LogP contribution >= 0.6 is 11.6 Å². The van der Waals surface area contributed by atoms with E-state index in [4.69, 9.17) is 31.1 Å². The van der Waals surface area contributed by atoms with Gasteiger partial charge in [0.2, 0.25) is 0 Å². The van der Waals surface area contributed by atoms with Crippen molar-refractivity contribution in [2.45, 2.75) is 6.29 Å². The number of ether oxygens (including phenoxy) is 3. The molecule has 0 unspecified atom stereocenters.